The third kappa shape index (κ3) is 3.72. The van der Waals surface area contributed by atoms with Crippen molar-refractivity contribution in [3.63, 3.8) is 0 Å². The molecule has 0 saturated carbocycles. The van der Waals surface area contributed by atoms with Gasteiger partial charge in [0.2, 0.25) is 15.9 Å². The zero-order chi connectivity index (χ0) is 19.1. The van der Waals surface area contributed by atoms with Gasteiger partial charge in [0.15, 0.2) is 5.82 Å². The van der Waals surface area contributed by atoms with Crippen molar-refractivity contribution in [1.82, 2.24) is 14.4 Å². The topological polar surface area (TPSA) is 76.3 Å². The lowest BCUT2D eigenvalue weighted by molar-refractivity contribution is -0.137. The molecule has 142 valence electrons. The number of hydrogen-bond acceptors (Lipinski definition) is 5. The predicted octanol–water partition coefficient (Wildman–Crippen LogP) is 3.62. The average Bonchev–Trinajstić information content (AvgIpc) is 3.00. The van der Waals surface area contributed by atoms with Crippen molar-refractivity contribution in [1.29, 1.82) is 0 Å². The summed E-state index contributed by atoms with van der Waals surface area (Å²) in [5.41, 5.74) is -1.07. The lowest BCUT2D eigenvalue weighted by atomic mass is 10.00. The van der Waals surface area contributed by atoms with Gasteiger partial charge in [-0.05, 0) is 38.0 Å². The number of hydrogen-bond donors (Lipinski definition) is 0. The summed E-state index contributed by atoms with van der Waals surface area (Å²) < 4.78 is 70.8. The Morgan fingerprint density at radius 3 is 2.69 bits per heavy atom. The van der Waals surface area contributed by atoms with E-state index < -0.39 is 26.7 Å². The van der Waals surface area contributed by atoms with Crippen LogP contribution in [0.4, 0.5) is 13.2 Å². The fourth-order valence-corrected chi connectivity index (χ4v) is 4.88. The van der Waals surface area contributed by atoms with Crippen molar-refractivity contribution in [3.8, 4) is 0 Å². The van der Waals surface area contributed by atoms with E-state index >= 15 is 0 Å². The van der Waals surface area contributed by atoms with E-state index in [1.807, 2.05) is 0 Å². The van der Waals surface area contributed by atoms with Gasteiger partial charge in [-0.2, -0.15) is 22.5 Å². The monoisotopic (exact) mass is 409 g/mol. The first kappa shape index (κ1) is 19.1. The van der Waals surface area contributed by atoms with Crippen LogP contribution >= 0.6 is 11.6 Å². The summed E-state index contributed by atoms with van der Waals surface area (Å²) in [4.78, 5) is 3.55. The second-order valence-corrected chi connectivity index (χ2v) is 8.34. The zero-order valence-corrected chi connectivity index (χ0v) is 15.2. The van der Waals surface area contributed by atoms with Gasteiger partial charge in [0.25, 0.3) is 0 Å². The van der Waals surface area contributed by atoms with Gasteiger partial charge in [-0.25, -0.2) is 8.42 Å². The van der Waals surface area contributed by atoms with Crippen LogP contribution in [-0.4, -0.2) is 36.0 Å². The van der Waals surface area contributed by atoms with Crippen LogP contribution in [0.1, 0.15) is 36.0 Å². The summed E-state index contributed by atoms with van der Waals surface area (Å²) in [5, 5.41) is 3.43. The Kier molecular flexibility index (Phi) is 5.02. The van der Waals surface area contributed by atoms with Crippen LogP contribution in [0.15, 0.2) is 27.6 Å². The highest BCUT2D eigenvalue weighted by Crippen LogP contribution is 2.36. The quantitative estimate of drug-likeness (QED) is 0.773. The largest absolute Gasteiger partial charge is 0.416 e. The molecule has 1 fully saturated rings. The number of benzene rings is 1. The molecule has 0 spiro atoms. The Morgan fingerprint density at radius 1 is 1.35 bits per heavy atom. The Balaban J connectivity index is 1.92. The minimum Gasteiger partial charge on any atom is -0.339 e. The maximum absolute atomic E-state index is 12.9. The number of rotatable bonds is 3. The summed E-state index contributed by atoms with van der Waals surface area (Å²) in [6, 6.07) is 2.26. The van der Waals surface area contributed by atoms with Gasteiger partial charge in [-0.15, -0.1) is 0 Å². The van der Waals surface area contributed by atoms with Gasteiger partial charge in [-0.1, -0.05) is 16.8 Å². The molecule has 6 nitrogen and oxygen atoms in total. The molecule has 1 aliphatic rings. The number of aryl methyl sites for hydroxylation is 1. The van der Waals surface area contributed by atoms with Gasteiger partial charge >= 0.3 is 6.18 Å². The Hall–Kier alpha value is -1.65. The van der Waals surface area contributed by atoms with Crippen LogP contribution in [0.2, 0.25) is 5.02 Å². The first-order valence-electron chi connectivity index (χ1n) is 7.76. The van der Waals surface area contributed by atoms with E-state index in [0.717, 1.165) is 16.4 Å². The van der Waals surface area contributed by atoms with E-state index in [9.17, 15) is 21.6 Å². The van der Waals surface area contributed by atoms with Gasteiger partial charge in [0, 0.05) is 13.1 Å². The molecule has 1 aliphatic heterocycles. The lowest BCUT2D eigenvalue weighted by Crippen LogP contribution is -2.39. The highest BCUT2D eigenvalue weighted by molar-refractivity contribution is 7.89. The molecule has 1 aromatic heterocycles. The molecular weight excluding hydrogens is 395 g/mol. The number of sulfonamides is 1. The fourth-order valence-electron chi connectivity index (χ4n) is 2.86. The molecule has 3 rings (SSSR count). The molecule has 11 heteroatoms. The second kappa shape index (κ2) is 6.82. The summed E-state index contributed by atoms with van der Waals surface area (Å²) in [5.74, 6) is 0.433. The molecular formula is C15H15ClF3N3O3S. The highest BCUT2D eigenvalue weighted by Gasteiger charge is 2.37. The summed E-state index contributed by atoms with van der Waals surface area (Å²) in [6.45, 7) is 1.86. The molecule has 1 saturated heterocycles. The molecule has 0 bridgehead atoms. The minimum absolute atomic E-state index is 0.0382. The van der Waals surface area contributed by atoms with Crippen LogP contribution in [0.25, 0.3) is 0 Å². The number of piperidine rings is 1. The lowest BCUT2D eigenvalue weighted by Gasteiger charge is -2.30. The average molecular weight is 410 g/mol. The molecule has 26 heavy (non-hydrogen) atoms. The molecule has 0 N–H and O–H groups in total. The Bertz CT molecular complexity index is 914. The number of alkyl halides is 3. The Labute approximate surface area is 153 Å². The molecule has 1 aromatic carbocycles. The van der Waals surface area contributed by atoms with Crippen molar-refractivity contribution in [2.75, 3.05) is 13.1 Å². The summed E-state index contributed by atoms with van der Waals surface area (Å²) in [7, 11) is -4.20. The van der Waals surface area contributed by atoms with Crippen molar-refractivity contribution in [2.45, 2.75) is 36.8 Å². The second-order valence-electron chi connectivity index (χ2n) is 6.02. The number of halogens is 4. The summed E-state index contributed by atoms with van der Waals surface area (Å²) in [6.07, 6.45) is -3.51. The molecule has 1 unspecified atom stereocenters. The molecule has 1 atom stereocenters. The molecule has 2 heterocycles. The zero-order valence-electron chi connectivity index (χ0n) is 13.6. The van der Waals surface area contributed by atoms with E-state index in [2.05, 4.69) is 10.1 Å². The first-order valence-corrected chi connectivity index (χ1v) is 9.58. The molecule has 2 aromatic rings. The predicted molar refractivity (Wildman–Crippen MR) is 86.2 cm³/mol. The van der Waals surface area contributed by atoms with Crippen LogP contribution in [0, 0.1) is 6.92 Å². The van der Waals surface area contributed by atoms with Crippen LogP contribution < -0.4 is 0 Å². The fraction of sp³-hybridized carbons (Fsp3) is 0.467. The normalized spacial score (nSPS) is 19.7. The Morgan fingerprint density at radius 2 is 2.08 bits per heavy atom. The summed E-state index contributed by atoms with van der Waals surface area (Å²) >= 11 is 5.89. The minimum atomic E-state index is -4.67. The van der Waals surface area contributed by atoms with Gasteiger partial charge in [0.05, 0.1) is 16.5 Å². The number of aromatic nitrogens is 2. The smallest absolute Gasteiger partial charge is 0.339 e. The van der Waals surface area contributed by atoms with Gasteiger partial charge in [-0.3, -0.25) is 0 Å². The molecule has 0 aliphatic carbocycles. The van der Waals surface area contributed by atoms with E-state index in [0.29, 0.717) is 30.6 Å². The van der Waals surface area contributed by atoms with Crippen molar-refractivity contribution < 1.29 is 26.1 Å². The third-order valence-electron chi connectivity index (χ3n) is 4.15. The van der Waals surface area contributed by atoms with Gasteiger partial charge < -0.3 is 4.52 Å². The highest BCUT2D eigenvalue weighted by atomic mass is 35.5. The van der Waals surface area contributed by atoms with E-state index in [1.165, 1.54) is 0 Å². The maximum Gasteiger partial charge on any atom is 0.416 e. The molecule has 0 amide bonds. The van der Waals surface area contributed by atoms with Crippen molar-refractivity contribution >= 4 is 21.6 Å². The third-order valence-corrected chi connectivity index (χ3v) is 6.50. The maximum atomic E-state index is 12.9. The van der Waals surface area contributed by atoms with Crippen molar-refractivity contribution in [3.05, 3.63) is 40.5 Å². The van der Waals surface area contributed by atoms with E-state index in [1.54, 1.807) is 6.92 Å². The standard InChI is InChI=1S/C15H15ClF3N3O3S/c1-9-20-14(25-21-9)10-3-2-6-22(8-10)26(23,24)13-7-11(15(17,18)19)4-5-12(13)16/h4-5,7,10H,2-3,6,8H2,1H3. The van der Waals surface area contributed by atoms with E-state index in [-0.39, 0.29) is 24.0 Å². The van der Waals surface area contributed by atoms with E-state index in [4.69, 9.17) is 16.1 Å². The van der Waals surface area contributed by atoms with Crippen LogP contribution in [-0.2, 0) is 16.2 Å². The first-order chi connectivity index (χ1) is 12.1. The van der Waals surface area contributed by atoms with Gasteiger partial charge in [0.1, 0.15) is 4.90 Å². The number of nitrogens with zero attached hydrogens (tertiary/aromatic N) is 3. The van der Waals surface area contributed by atoms with Crippen LogP contribution in [0.3, 0.4) is 0 Å². The SMILES string of the molecule is Cc1noc(C2CCCN(S(=O)(=O)c3cc(C(F)(F)F)ccc3Cl)C2)n1. The molecule has 0 radical (unpaired) electrons. The van der Waals surface area contributed by atoms with Crippen molar-refractivity contribution in [2.24, 2.45) is 0 Å². The van der Waals surface area contributed by atoms with Crippen LogP contribution in [0.5, 0.6) is 0 Å².